The fraction of sp³-hybridized carbons (Fsp3) is 0.909. The highest BCUT2D eigenvalue weighted by molar-refractivity contribution is 5.77. The second kappa shape index (κ2) is 6.08. The molecule has 88 valence electrons. The Kier molecular flexibility index (Phi) is 5.05. The molecule has 4 N–H and O–H groups in total. The van der Waals surface area contributed by atoms with Gasteiger partial charge in [-0.15, -0.1) is 0 Å². The summed E-state index contributed by atoms with van der Waals surface area (Å²) in [5.41, 5.74) is 5.42. The first-order valence-corrected chi connectivity index (χ1v) is 5.84. The van der Waals surface area contributed by atoms with E-state index < -0.39 is 0 Å². The maximum absolute atomic E-state index is 9.05. The zero-order valence-corrected chi connectivity index (χ0v) is 9.58. The van der Waals surface area contributed by atoms with Gasteiger partial charge in [-0.2, -0.15) is 0 Å². The molecule has 1 aliphatic rings. The van der Waals surface area contributed by atoms with Gasteiger partial charge in [0.1, 0.15) is 0 Å². The standard InChI is InChI=1S/C11H23N3O/c1-9(8-11(12)13)14(6-7-15)10-4-2-3-5-10/h9-10,15H,2-8H2,1H3,(H3,12,13). The van der Waals surface area contributed by atoms with Gasteiger partial charge in [0.2, 0.25) is 0 Å². The SMILES string of the molecule is CC(CC(=N)N)N(CCO)C1CCCC1. The van der Waals surface area contributed by atoms with Crippen LogP contribution in [0.3, 0.4) is 0 Å². The van der Waals surface area contributed by atoms with Crippen LogP contribution in [0.4, 0.5) is 0 Å². The normalized spacial score (nSPS) is 19.7. The van der Waals surface area contributed by atoms with Crippen LogP contribution in [-0.4, -0.2) is 41.1 Å². The van der Waals surface area contributed by atoms with Crippen LogP contribution >= 0.6 is 0 Å². The Bertz CT molecular complexity index is 202. The van der Waals surface area contributed by atoms with E-state index in [1.807, 2.05) is 0 Å². The molecule has 4 nitrogen and oxygen atoms in total. The molecule has 0 aromatic rings. The van der Waals surface area contributed by atoms with Gasteiger partial charge in [-0.05, 0) is 19.8 Å². The first-order valence-electron chi connectivity index (χ1n) is 5.84. The number of nitrogens with two attached hydrogens (primary N) is 1. The third-order valence-corrected chi connectivity index (χ3v) is 3.23. The molecule has 0 radical (unpaired) electrons. The van der Waals surface area contributed by atoms with Gasteiger partial charge in [0, 0.05) is 25.0 Å². The number of aliphatic hydroxyl groups excluding tert-OH is 1. The van der Waals surface area contributed by atoms with Gasteiger partial charge < -0.3 is 10.8 Å². The third kappa shape index (κ3) is 3.80. The Balaban J connectivity index is 2.50. The monoisotopic (exact) mass is 213 g/mol. The highest BCUT2D eigenvalue weighted by Gasteiger charge is 2.26. The molecule has 1 aliphatic carbocycles. The van der Waals surface area contributed by atoms with Crippen molar-refractivity contribution in [3.8, 4) is 0 Å². The molecule has 4 heteroatoms. The number of hydrogen-bond acceptors (Lipinski definition) is 3. The lowest BCUT2D eigenvalue weighted by Crippen LogP contribution is -2.43. The summed E-state index contributed by atoms with van der Waals surface area (Å²) in [6.45, 7) is 2.99. The molecule has 1 atom stereocenters. The minimum Gasteiger partial charge on any atom is -0.395 e. The summed E-state index contributed by atoms with van der Waals surface area (Å²) >= 11 is 0. The number of hydrogen-bond donors (Lipinski definition) is 3. The van der Waals surface area contributed by atoms with Gasteiger partial charge in [-0.1, -0.05) is 12.8 Å². The Morgan fingerprint density at radius 2 is 2.13 bits per heavy atom. The molecule has 0 aromatic heterocycles. The summed E-state index contributed by atoms with van der Waals surface area (Å²) in [6.07, 6.45) is 5.64. The predicted molar refractivity (Wildman–Crippen MR) is 62.0 cm³/mol. The van der Waals surface area contributed by atoms with Crippen molar-refractivity contribution in [1.29, 1.82) is 5.41 Å². The second-order valence-corrected chi connectivity index (χ2v) is 4.48. The van der Waals surface area contributed by atoms with Crippen molar-refractivity contribution in [1.82, 2.24) is 4.90 Å². The molecule has 0 spiro atoms. The lowest BCUT2D eigenvalue weighted by atomic mass is 10.1. The van der Waals surface area contributed by atoms with Crippen LogP contribution < -0.4 is 5.73 Å². The number of nitrogens with one attached hydrogen (secondary N) is 1. The van der Waals surface area contributed by atoms with Crippen molar-refractivity contribution >= 4 is 5.84 Å². The lowest BCUT2D eigenvalue weighted by molar-refractivity contribution is 0.115. The first kappa shape index (κ1) is 12.5. The number of aliphatic hydroxyl groups is 1. The molecule has 1 fully saturated rings. The quantitative estimate of drug-likeness (QED) is 0.454. The Morgan fingerprint density at radius 1 is 1.53 bits per heavy atom. The van der Waals surface area contributed by atoms with E-state index in [0.717, 1.165) is 0 Å². The first-order chi connectivity index (χ1) is 7.15. The van der Waals surface area contributed by atoms with Crippen molar-refractivity contribution < 1.29 is 5.11 Å². The minimum absolute atomic E-state index is 0.193. The van der Waals surface area contributed by atoms with Crippen molar-refractivity contribution in [2.24, 2.45) is 5.73 Å². The van der Waals surface area contributed by atoms with Crippen molar-refractivity contribution in [3.05, 3.63) is 0 Å². The average molecular weight is 213 g/mol. The molecule has 1 unspecified atom stereocenters. The number of amidine groups is 1. The van der Waals surface area contributed by atoms with Gasteiger partial charge in [-0.25, -0.2) is 0 Å². The van der Waals surface area contributed by atoms with E-state index in [1.165, 1.54) is 25.7 Å². The maximum Gasteiger partial charge on any atom is 0.0920 e. The van der Waals surface area contributed by atoms with Crippen molar-refractivity contribution in [3.63, 3.8) is 0 Å². The highest BCUT2D eigenvalue weighted by atomic mass is 16.3. The molecule has 0 saturated heterocycles. The zero-order chi connectivity index (χ0) is 11.3. The largest absolute Gasteiger partial charge is 0.395 e. The molecule has 1 saturated carbocycles. The molecule has 0 heterocycles. The Morgan fingerprint density at radius 3 is 2.60 bits per heavy atom. The fourth-order valence-electron chi connectivity index (χ4n) is 2.55. The lowest BCUT2D eigenvalue weighted by Gasteiger charge is -2.33. The summed E-state index contributed by atoms with van der Waals surface area (Å²) in [4.78, 5) is 2.31. The second-order valence-electron chi connectivity index (χ2n) is 4.48. The zero-order valence-electron chi connectivity index (χ0n) is 9.58. The van der Waals surface area contributed by atoms with E-state index in [1.54, 1.807) is 0 Å². The van der Waals surface area contributed by atoms with Crippen molar-refractivity contribution in [2.75, 3.05) is 13.2 Å². The average Bonchev–Trinajstić information content (AvgIpc) is 2.65. The van der Waals surface area contributed by atoms with Gasteiger partial charge in [0.25, 0.3) is 0 Å². The highest BCUT2D eigenvalue weighted by Crippen LogP contribution is 2.25. The topological polar surface area (TPSA) is 73.3 Å². The predicted octanol–water partition coefficient (Wildman–Crippen LogP) is 0.938. The van der Waals surface area contributed by atoms with Crippen LogP contribution in [0.2, 0.25) is 0 Å². The molecular weight excluding hydrogens is 190 g/mol. The molecular formula is C11H23N3O. The Labute approximate surface area is 92.0 Å². The van der Waals surface area contributed by atoms with Gasteiger partial charge in [0.15, 0.2) is 0 Å². The minimum atomic E-state index is 0.193. The van der Waals surface area contributed by atoms with E-state index in [4.69, 9.17) is 16.2 Å². The van der Waals surface area contributed by atoms with Crippen LogP contribution in [0.25, 0.3) is 0 Å². The van der Waals surface area contributed by atoms with Crippen LogP contribution in [0, 0.1) is 5.41 Å². The molecule has 1 rings (SSSR count). The fourth-order valence-corrected chi connectivity index (χ4v) is 2.55. The summed E-state index contributed by atoms with van der Waals surface area (Å²) in [7, 11) is 0. The summed E-state index contributed by atoms with van der Waals surface area (Å²) in [5.74, 6) is 0.239. The summed E-state index contributed by atoms with van der Waals surface area (Å²) < 4.78 is 0. The van der Waals surface area contributed by atoms with Gasteiger partial charge in [-0.3, -0.25) is 10.3 Å². The summed E-state index contributed by atoms with van der Waals surface area (Å²) in [6, 6.07) is 0.865. The van der Waals surface area contributed by atoms with Crippen LogP contribution in [-0.2, 0) is 0 Å². The van der Waals surface area contributed by atoms with Crippen LogP contribution in [0.1, 0.15) is 39.0 Å². The van der Waals surface area contributed by atoms with Gasteiger partial charge >= 0.3 is 0 Å². The molecule has 0 bridgehead atoms. The molecule has 0 amide bonds. The molecule has 0 aromatic carbocycles. The number of rotatable bonds is 6. The van der Waals surface area contributed by atoms with Crippen LogP contribution in [0.15, 0.2) is 0 Å². The maximum atomic E-state index is 9.05. The van der Waals surface area contributed by atoms with Crippen molar-refractivity contribution in [2.45, 2.75) is 51.1 Å². The van der Waals surface area contributed by atoms with E-state index in [-0.39, 0.29) is 18.5 Å². The molecule has 0 aliphatic heterocycles. The third-order valence-electron chi connectivity index (χ3n) is 3.23. The van der Waals surface area contributed by atoms with E-state index in [0.29, 0.717) is 19.0 Å². The molecule has 15 heavy (non-hydrogen) atoms. The number of nitrogens with zero attached hydrogens (tertiary/aromatic N) is 1. The summed E-state index contributed by atoms with van der Waals surface area (Å²) in [5, 5.41) is 16.4. The van der Waals surface area contributed by atoms with E-state index in [9.17, 15) is 0 Å². The Hall–Kier alpha value is -0.610. The van der Waals surface area contributed by atoms with Crippen LogP contribution in [0.5, 0.6) is 0 Å². The van der Waals surface area contributed by atoms with E-state index in [2.05, 4.69) is 11.8 Å². The van der Waals surface area contributed by atoms with Gasteiger partial charge in [0.05, 0.1) is 12.4 Å². The smallest absolute Gasteiger partial charge is 0.0920 e. The van der Waals surface area contributed by atoms with E-state index >= 15 is 0 Å².